The molecule has 2 aliphatic carbocycles. The predicted molar refractivity (Wildman–Crippen MR) is 107 cm³/mol. The normalized spacial score (nSPS) is 29.1. The fourth-order valence-electron chi connectivity index (χ4n) is 4.00. The monoisotopic (exact) mass is 400 g/mol. The minimum absolute atomic E-state index is 0.0959. The van der Waals surface area contributed by atoms with Crippen molar-refractivity contribution in [1.82, 2.24) is 9.78 Å². The lowest BCUT2D eigenvalue weighted by Crippen LogP contribution is -2.38. The van der Waals surface area contributed by atoms with E-state index in [1.54, 1.807) is 23.0 Å². The molecule has 1 heterocycles. The summed E-state index contributed by atoms with van der Waals surface area (Å²) in [5.74, 6) is -0.314. The molecule has 3 nitrogen and oxygen atoms in total. The number of aliphatic hydroxyl groups excluding tert-OH is 1. The summed E-state index contributed by atoms with van der Waals surface area (Å²) >= 11 is 0. The van der Waals surface area contributed by atoms with Crippen molar-refractivity contribution < 1.29 is 18.3 Å². The summed E-state index contributed by atoms with van der Waals surface area (Å²) in [6.07, 6.45) is 8.96. The van der Waals surface area contributed by atoms with Crippen molar-refractivity contribution in [3.05, 3.63) is 77.9 Å². The first-order valence-electron chi connectivity index (χ1n) is 9.70. The topological polar surface area (TPSA) is 38.1 Å². The average molecular weight is 400 g/mol. The fraction of sp³-hybridized carbons (Fsp3) is 0.348. The number of aromatic nitrogens is 2. The Morgan fingerprint density at radius 3 is 2.72 bits per heavy atom. The van der Waals surface area contributed by atoms with Gasteiger partial charge >= 0.3 is 0 Å². The molecule has 3 unspecified atom stereocenters. The van der Waals surface area contributed by atoms with Gasteiger partial charge in [-0.05, 0) is 67.3 Å². The van der Waals surface area contributed by atoms with E-state index in [0.717, 1.165) is 16.9 Å². The van der Waals surface area contributed by atoms with Gasteiger partial charge < -0.3 is 5.11 Å². The van der Waals surface area contributed by atoms with E-state index in [9.17, 15) is 18.3 Å². The molecule has 4 rings (SSSR count). The first-order chi connectivity index (χ1) is 13.8. The molecule has 2 aliphatic rings. The number of rotatable bonds is 5. The van der Waals surface area contributed by atoms with Crippen LogP contribution < -0.4 is 0 Å². The second-order valence-electron chi connectivity index (χ2n) is 8.09. The van der Waals surface area contributed by atoms with Crippen molar-refractivity contribution >= 4 is 6.08 Å². The number of hydrogen-bond donors (Lipinski definition) is 1. The molecule has 0 radical (unpaired) electrons. The summed E-state index contributed by atoms with van der Waals surface area (Å²) in [7, 11) is 0. The summed E-state index contributed by atoms with van der Waals surface area (Å²) in [6, 6.07) is 6.06. The predicted octanol–water partition coefficient (Wildman–Crippen LogP) is 4.90. The lowest BCUT2D eigenvalue weighted by atomic mass is 9.73. The Kier molecular flexibility index (Phi) is 4.99. The zero-order chi connectivity index (χ0) is 20.6. The van der Waals surface area contributed by atoms with E-state index in [1.807, 2.05) is 19.1 Å². The Morgan fingerprint density at radius 2 is 2.00 bits per heavy atom. The molecular formula is C23H23F3N2O. The number of alkyl halides is 2. The maximum absolute atomic E-state index is 14.8. The van der Waals surface area contributed by atoms with Crippen LogP contribution in [-0.4, -0.2) is 32.8 Å². The van der Waals surface area contributed by atoms with Crippen LogP contribution in [0.5, 0.6) is 0 Å². The molecule has 0 fully saturated rings. The molecule has 0 saturated carbocycles. The fourth-order valence-corrected chi connectivity index (χ4v) is 4.00. The van der Waals surface area contributed by atoms with Crippen molar-refractivity contribution in [3.63, 3.8) is 0 Å². The largest absolute Gasteiger partial charge is 0.392 e. The number of allylic oxidation sites excluding steroid dienone is 4. The number of hydrogen-bond acceptors (Lipinski definition) is 2. The highest BCUT2D eigenvalue weighted by Gasteiger charge is 2.40. The number of fused-ring (bicyclic) bond motifs is 1. The van der Waals surface area contributed by atoms with E-state index in [1.165, 1.54) is 36.4 Å². The molecule has 0 aliphatic heterocycles. The lowest BCUT2D eigenvalue weighted by Gasteiger charge is -2.36. The highest BCUT2D eigenvalue weighted by Crippen LogP contribution is 2.39. The Labute approximate surface area is 167 Å². The van der Waals surface area contributed by atoms with Gasteiger partial charge in [-0.1, -0.05) is 25.2 Å². The van der Waals surface area contributed by atoms with Gasteiger partial charge in [0.05, 0.1) is 23.7 Å². The lowest BCUT2D eigenvalue weighted by molar-refractivity contribution is 0.0341. The van der Waals surface area contributed by atoms with Gasteiger partial charge in [0.15, 0.2) is 11.8 Å². The number of aliphatic hydroxyl groups is 1. The second-order valence-corrected chi connectivity index (χ2v) is 8.09. The molecule has 0 amide bonds. The van der Waals surface area contributed by atoms with Crippen molar-refractivity contribution in [1.29, 1.82) is 0 Å². The van der Waals surface area contributed by atoms with Gasteiger partial charge in [0.2, 0.25) is 0 Å². The van der Waals surface area contributed by atoms with Crippen LogP contribution in [0.1, 0.15) is 31.0 Å². The van der Waals surface area contributed by atoms with Gasteiger partial charge in [-0.25, -0.2) is 17.9 Å². The van der Waals surface area contributed by atoms with E-state index in [4.69, 9.17) is 0 Å². The van der Waals surface area contributed by atoms with Gasteiger partial charge in [0.25, 0.3) is 0 Å². The summed E-state index contributed by atoms with van der Waals surface area (Å²) in [5.41, 5.74) is -0.139. The molecular weight excluding hydrogens is 377 g/mol. The number of benzene rings is 1. The molecule has 0 saturated heterocycles. The number of halogens is 3. The maximum Gasteiger partial charge on any atom is 0.164 e. The Balaban J connectivity index is 1.49. The van der Waals surface area contributed by atoms with Crippen LogP contribution in [0.15, 0.2) is 60.8 Å². The van der Waals surface area contributed by atoms with Crippen molar-refractivity contribution in [2.24, 2.45) is 5.41 Å². The minimum Gasteiger partial charge on any atom is -0.392 e. The van der Waals surface area contributed by atoms with Crippen LogP contribution in [-0.2, 0) is 6.42 Å². The van der Waals surface area contributed by atoms with Gasteiger partial charge in [0.1, 0.15) is 5.82 Å². The zero-order valence-corrected chi connectivity index (χ0v) is 16.1. The van der Waals surface area contributed by atoms with Crippen molar-refractivity contribution in [2.75, 3.05) is 0 Å². The standard InChI is InChI=1S/C23H23F3N2O/c1-22(21(29)10-13-23(26)11-3-2-4-20(23)25)12-9-19-16(14-22)15-27-28(19)18-7-5-17(24)6-8-18/h2-9,11-12,15,20-21,29H,10,13-14H2,1H3/t20?,21-,22?,23?/m0/s1. The summed E-state index contributed by atoms with van der Waals surface area (Å²) in [4.78, 5) is 0. The van der Waals surface area contributed by atoms with Gasteiger partial charge in [-0.15, -0.1) is 0 Å². The van der Waals surface area contributed by atoms with E-state index < -0.39 is 23.4 Å². The third-order valence-corrected chi connectivity index (χ3v) is 5.94. The van der Waals surface area contributed by atoms with E-state index in [2.05, 4.69) is 5.10 Å². The summed E-state index contributed by atoms with van der Waals surface area (Å²) in [6.45, 7) is 1.90. The first-order valence-corrected chi connectivity index (χ1v) is 9.70. The highest BCUT2D eigenvalue weighted by atomic mass is 19.2. The Bertz CT molecular complexity index is 979. The molecule has 0 spiro atoms. The van der Waals surface area contributed by atoms with Gasteiger partial charge in [-0.2, -0.15) is 5.10 Å². The van der Waals surface area contributed by atoms with Crippen LogP contribution in [0.2, 0.25) is 0 Å². The molecule has 0 bridgehead atoms. The summed E-state index contributed by atoms with van der Waals surface area (Å²) in [5, 5.41) is 15.2. The van der Waals surface area contributed by atoms with Gasteiger partial charge in [-0.3, -0.25) is 0 Å². The quantitative estimate of drug-likeness (QED) is 0.775. The molecule has 1 aromatic heterocycles. The Hall–Kier alpha value is -2.60. The van der Waals surface area contributed by atoms with E-state index >= 15 is 0 Å². The minimum atomic E-state index is -2.08. The average Bonchev–Trinajstić information content (AvgIpc) is 3.12. The second kappa shape index (κ2) is 7.34. The van der Waals surface area contributed by atoms with Crippen molar-refractivity contribution in [3.8, 4) is 5.69 Å². The SMILES string of the molecule is CC1([C@@H](O)CCC2(F)C=CC=CC2F)C=Cc2c(cnn2-c2ccc(F)cc2)C1. The maximum atomic E-state index is 14.8. The number of nitrogens with zero attached hydrogens (tertiary/aromatic N) is 2. The third kappa shape index (κ3) is 3.69. The van der Waals surface area contributed by atoms with Crippen LogP contribution >= 0.6 is 0 Å². The van der Waals surface area contributed by atoms with E-state index in [0.29, 0.717) is 6.42 Å². The van der Waals surface area contributed by atoms with Crippen LogP contribution in [0, 0.1) is 11.2 Å². The molecule has 1 aromatic carbocycles. The van der Waals surface area contributed by atoms with Crippen LogP contribution in [0.25, 0.3) is 11.8 Å². The van der Waals surface area contributed by atoms with Crippen LogP contribution in [0.4, 0.5) is 13.2 Å². The molecule has 152 valence electrons. The molecule has 4 atom stereocenters. The summed E-state index contributed by atoms with van der Waals surface area (Å²) < 4.78 is 43.7. The molecule has 1 N–H and O–H groups in total. The molecule has 6 heteroatoms. The Morgan fingerprint density at radius 1 is 1.24 bits per heavy atom. The molecule has 29 heavy (non-hydrogen) atoms. The third-order valence-electron chi connectivity index (χ3n) is 5.94. The van der Waals surface area contributed by atoms with Crippen molar-refractivity contribution in [2.45, 2.75) is 44.1 Å². The van der Waals surface area contributed by atoms with Crippen LogP contribution in [0.3, 0.4) is 0 Å². The van der Waals surface area contributed by atoms with E-state index in [-0.39, 0.29) is 18.7 Å². The van der Waals surface area contributed by atoms with Gasteiger partial charge in [0, 0.05) is 5.41 Å². The smallest absolute Gasteiger partial charge is 0.164 e. The molecule has 2 aromatic rings. The highest BCUT2D eigenvalue weighted by molar-refractivity contribution is 5.57. The zero-order valence-electron chi connectivity index (χ0n) is 16.1. The first kappa shape index (κ1) is 19.7.